The highest BCUT2D eigenvalue weighted by molar-refractivity contribution is 5.98. The first-order valence-corrected chi connectivity index (χ1v) is 5.51. The number of aromatic carboxylic acids is 1. The molecule has 0 saturated heterocycles. The van der Waals surface area contributed by atoms with Gasteiger partial charge in [0.15, 0.2) is 17.4 Å². The van der Waals surface area contributed by atoms with Crippen LogP contribution in [-0.2, 0) is 6.42 Å². The van der Waals surface area contributed by atoms with Gasteiger partial charge in [0.25, 0.3) is 0 Å². The predicted molar refractivity (Wildman–Crippen MR) is 64.5 cm³/mol. The highest BCUT2D eigenvalue weighted by Gasteiger charge is 2.23. The third-order valence-electron chi connectivity index (χ3n) is 2.85. The van der Waals surface area contributed by atoms with Crippen LogP contribution in [0.25, 0.3) is 10.9 Å². The van der Waals surface area contributed by atoms with Crippen molar-refractivity contribution < 1.29 is 23.4 Å². The molecule has 4 N–H and O–H groups in total. The Hall–Kier alpha value is -2.15. The van der Waals surface area contributed by atoms with E-state index in [4.69, 9.17) is 10.8 Å². The fourth-order valence-corrected chi connectivity index (χ4v) is 2.09. The highest BCUT2D eigenvalue weighted by Crippen LogP contribution is 2.33. The van der Waals surface area contributed by atoms with Gasteiger partial charge in [-0.05, 0) is 18.5 Å². The van der Waals surface area contributed by atoms with E-state index in [1.54, 1.807) is 0 Å². The van der Waals surface area contributed by atoms with Crippen LogP contribution in [0.3, 0.4) is 0 Å². The molecule has 0 bridgehead atoms. The third kappa shape index (κ3) is 2.01. The second-order valence-electron chi connectivity index (χ2n) is 3.95. The van der Waals surface area contributed by atoms with Crippen molar-refractivity contribution in [1.82, 2.24) is 4.98 Å². The van der Waals surface area contributed by atoms with Crippen LogP contribution < -0.4 is 10.5 Å². The molecular formula is C12H12F2N2O3. The second kappa shape index (κ2) is 4.85. The first kappa shape index (κ1) is 13.3. The van der Waals surface area contributed by atoms with Gasteiger partial charge in [-0.25, -0.2) is 13.6 Å². The molecule has 0 atom stereocenters. The van der Waals surface area contributed by atoms with E-state index in [0.717, 1.165) is 13.2 Å². The predicted octanol–water partition coefficient (Wildman–Crippen LogP) is 1.65. The van der Waals surface area contributed by atoms with Gasteiger partial charge in [0.2, 0.25) is 0 Å². The monoisotopic (exact) mass is 270 g/mol. The minimum Gasteiger partial charge on any atom is -0.491 e. The number of ether oxygens (including phenoxy) is 1. The summed E-state index contributed by atoms with van der Waals surface area (Å²) in [6.07, 6.45) is 0.160. The van der Waals surface area contributed by atoms with Crippen molar-refractivity contribution in [2.75, 3.05) is 13.7 Å². The maximum atomic E-state index is 14.2. The van der Waals surface area contributed by atoms with Crippen molar-refractivity contribution in [3.63, 3.8) is 0 Å². The highest BCUT2D eigenvalue weighted by atomic mass is 19.1. The van der Waals surface area contributed by atoms with Gasteiger partial charge in [-0.2, -0.15) is 0 Å². The zero-order valence-corrected chi connectivity index (χ0v) is 10.1. The molecule has 2 aromatic rings. The SMILES string of the molecule is COc1c(F)cc2[nH]c(C(=O)O)c(CCN)c2c1F. The van der Waals surface area contributed by atoms with Gasteiger partial charge in [0, 0.05) is 11.5 Å². The normalized spacial score (nSPS) is 10.9. The molecule has 1 aromatic carbocycles. The van der Waals surface area contributed by atoms with Crippen molar-refractivity contribution in [2.24, 2.45) is 5.73 Å². The number of nitrogens with two attached hydrogens (primary N) is 1. The van der Waals surface area contributed by atoms with Crippen LogP contribution in [0.15, 0.2) is 6.07 Å². The topological polar surface area (TPSA) is 88.3 Å². The molecule has 2 rings (SSSR count). The number of aromatic amines is 1. The number of carboxylic acid groups (broad SMARTS) is 1. The lowest BCUT2D eigenvalue weighted by Gasteiger charge is -2.06. The number of hydrogen-bond acceptors (Lipinski definition) is 3. The Bertz CT molecular complexity index is 652. The summed E-state index contributed by atoms with van der Waals surface area (Å²) < 4.78 is 32.4. The summed E-state index contributed by atoms with van der Waals surface area (Å²) >= 11 is 0. The van der Waals surface area contributed by atoms with Crippen LogP contribution >= 0.6 is 0 Å². The summed E-state index contributed by atoms with van der Waals surface area (Å²) in [7, 11) is 1.14. The minimum atomic E-state index is -1.25. The molecule has 0 aliphatic heterocycles. The zero-order chi connectivity index (χ0) is 14.2. The Labute approximate surface area is 107 Å². The number of methoxy groups -OCH3 is 1. The maximum absolute atomic E-state index is 14.2. The van der Waals surface area contributed by atoms with Crippen molar-refractivity contribution in [3.8, 4) is 5.75 Å². The van der Waals surface area contributed by atoms with Crippen LogP contribution in [0.4, 0.5) is 8.78 Å². The van der Waals surface area contributed by atoms with Crippen LogP contribution in [-0.4, -0.2) is 29.7 Å². The van der Waals surface area contributed by atoms with Crippen molar-refractivity contribution in [3.05, 3.63) is 29.0 Å². The fourth-order valence-electron chi connectivity index (χ4n) is 2.09. The molecule has 0 aliphatic rings. The van der Waals surface area contributed by atoms with E-state index in [-0.39, 0.29) is 35.1 Å². The molecule has 0 aliphatic carbocycles. The molecule has 19 heavy (non-hydrogen) atoms. The van der Waals surface area contributed by atoms with Gasteiger partial charge in [-0.3, -0.25) is 0 Å². The van der Waals surface area contributed by atoms with E-state index in [0.29, 0.717) is 0 Å². The molecule has 0 amide bonds. The number of hydrogen-bond donors (Lipinski definition) is 3. The minimum absolute atomic E-state index is 0.00102. The standard InChI is InChI=1S/C12H12F2N2O3/c1-19-11-6(13)4-7-8(9(11)14)5(2-3-15)10(16-7)12(17)18/h4,16H,2-3,15H2,1H3,(H,17,18). The second-order valence-corrected chi connectivity index (χ2v) is 3.95. The molecule has 0 saturated carbocycles. The van der Waals surface area contributed by atoms with E-state index >= 15 is 0 Å². The summed E-state index contributed by atoms with van der Waals surface area (Å²) in [4.78, 5) is 13.6. The maximum Gasteiger partial charge on any atom is 0.352 e. The number of carbonyl (C=O) groups is 1. The fraction of sp³-hybridized carbons (Fsp3) is 0.250. The number of fused-ring (bicyclic) bond motifs is 1. The van der Waals surface area contributed by atoms with Crippen LogP contribution in [0.1, 0.15) is 16.1 Å². The Morgan fingerprint density at radius 1 is 1.53 bits per heavy atom. The molecule has 102 valence electrons. The quantitative estimate of drug-likeness (QED) is 0.788. The van der Waals surface area contributed by atoms with Gasteiger partial charge < -0.3 is 20.6 Å². The van der Waals surface area contributed by atoms with Crippen LogP contribution in [0.5, 0.6) is 5.75 Å². The van der Waals surface area contributed by atoms with E-state index in [1.165, 1.54) is 0 Å². The number of aromatic nitrogens is 1. The lowest BCUT2D eigenvalue weighted by atomic mass is 10.1. The van der Waals surface area contributed by atoms with E-state index in [1.807, 2.05) is 0 Å². The Morgan fingerprint density at radius 3 is 2.74 bits per heavy atom. The van der Waals surface area contributed by atoms with Gasteiger partial charge in [0.05, 0.1) is 12.6 Å². The van der Waals surface area contributed by atoms with Gasteiger partial charge in [-0.15, -0.1) is 0 Å². The number of benzene rings is 1. The smallest absolute Gasteiger partial charge is 0.352 e. The molecule has 1 heterocycles. The number of nitrogens with one attached hydrogen (secondary N) is 1. The summed E-state index contributed by atoms with van der Waals surface area (Å²) in [6, 6.07) is 1.00. The average molecular weight is 270 g/mol. The summed E-state index contributed by atoms with van der Waals surface area (Å²) in [6.45, 7) is 0.145. The number of H-pyrrole nitrogens is 1. The summed E-state index contributed by atoms with van der Waals surface area (Å²) in [5, 5.41) is 9.06. The lowest BCUT2D eigenvalue weighted by Crippen LogP contribution is -2.08. The molecule has 5 nitrogen and oxygen atoms in total. The Balaban J connectivity index is 2.85. The number of carboxylic acids is 1. The zero-order valence-electron chi connectivity index (χ0n) is 10.1. The van der Waals surface area contributed by atoms with Crippen molar-refractivity contribution in [2.45, 2.75) is 6.42 Å². The molecule has 1 aromatic heterocycles. The van der Waals surface area contributed by atoms with Gasteiger partial charge >= 0.3 is 5.97 Å². The Morgan fingerprint density at radius 2 is 2.21 bits per heavy atom. The molecular weight excluding hydrogens is 258 g/mol. The summed E-state index contributed by atoms with van der Waals surface area (Å²) in [5.41, 5.74) is 5.48. The summed E-state index contributed by atoms with van der Waals surface area (Å²) in [5.74, 6) is -3.62. The molecule has 0 unspecified atom stereocenters. The number of rotatable bonds is 4. The Kier molecular flexibility index (Phi) is 3.39. The van der Waals surface area contributed by atoms with Crippen molar-refractivity contribution in [1.29, 1.82) is 0 Å². The molecule has 7 heteroatoms. The van der Waals surface area contributed by atoms with Gasteiger partial charge in [0.1, 0.15) is 5.69 Å². The lowest BCUT2D eigenvalue weighted by molar-refractivity contribution is 0.0690. The molecule has 0 radical (unpaired) electrons. The van der Waals surface area contributed by atoms with Gasteiger partial charge in [-0.1, -0.05) is 0 Å². The molecule has 0 fully saturated rings. The first-order chi connectivity index (χ1) is 9.01. The van der Waals surface area contributed by atoms with E-state index in [2.05, 4.69) is 9.72 Å². The largest absolute Gasteiger partial charge is 0.491 e. The third-order valence-corrected chi connectivity index (χ3v) is 2.85. The average Bonchev–Trinajstić information content (AvgIpc) is 2.69. The van der Waals surface area contributed by atoms with Crippen molar-refractivity contribution >= 4 is 16.9 Å². The van der Waals surface area contributed by atoms with Crippen LogP contribution in [0, 0.1) is 11.6 Å². The first-order valence-electron chi connectivity index (χ1n) is 5.51. The van der Waals surface area contributed by atoms with Crippen LogP contribution in [0.2, 0.25) is 0 Å². The molecule has 0 spiro atoms. The van der Waals surface area contributed by atoms with E-state index in [9.17, 15) is 13.6 Å². The number of halogens is 2. The van der Waals surface area contributed by atoms with E-state index < -0.39 is 23.4 Å².